The Morgan fingerprint density at radius 3 is 1.48 bits per heavy atom. The molecule has 0 fully saturated rings. The summed E-state index contributed by atoms with van der Waals surface area (Å²) in [5.74, 6) is 0. The standard InChI is InChI=1S/C19H41NO3/c1-2-3-4-5-6-7-8-9-10-11-12-13-14-15-19(20,17-22)18(23)16-21/h18,21-23H,2-17,20H2,1H3. The van der Waals surface area contributed by atoms with Crippen LogP contribution in [0, 0.1) is 0 Å². The van der Waals surface area contributed by atoms with Crippen molar-refractivity contribution in [2.75, 3.05) is 13.2 Å². The normalized spacial score (nSPS) is 15.5. The van der Waals surface area contributed by atoms with Crippen molar-refractivity contribution in [2.45, 2.75) is 108 Å². The van der Waals surface area contributed by atoms with Gasteiger partial charge in [0.2, 0.25) is 0 Å². The van der Waals surface area contributed by atoms with Gasteiger partial charge in [-0.1, -0.05) is 90.4 Å². The average molecular weight is 332 g/mol. The molecule has 0 saturated carbocycles. The molecule has 140 valence electrons. The Balaban J connectivity index is 3.36. The molecule has 0 aliphatic carbocycles. The maximum Gasteiger partial charge on any atom is 0.0972 e. The quantitative estimate of drug-likeness (QED) is 0.307. The van der Waals surface area contributed by atoms with Crippen molar-refractivity contribution in [3.05, 3.63) is 0 Å². The molecule has 23 heavy (non-hydrogen) atoms. The Kier molecular flexibility index (Phi) is 15.3. The van der Waals surface area contributed by atoms with Gasteiger partial charge >= 0.3 is 0 Å². The molecule has 0 aliphatic rings. The van der Waals surface area contributed by atoms with E-state index >= 15 is 0 Å². The number of hydrogen-bond acceptors (Lipinski definition) is 4. The fourth-order valence-corrected chi connectivity index (χ4v) is 3.00. The largest absolute Gasteiger partial charge is 0.394 e. The molecule has 0 radical (unpaired) electrons. The smallest absolute Gasteiger partial charge is 0.0972 e. The van der Waals surface area contributed by atoms with Gasteiger partial charge in [0.25, 0.3) is 0 Å². The highest BCUT2D eigenvalue weighted by atomic mass is 16.3. The molecule has 0 aromatic heterocycles. The van der Waals surface area contributed by atoms with Gasteiger partial charge in [-0.25, -0.2) is 0 Å². The van der Waals surface area contributed by atoms with E-state index in [9.17, 15) is 10.2 Å². The third kappa shape index (κ3) is 11.9. The highest BCUT2D eigenvalue weighted by Gasteiger charge is 2.31. The summed E-state index contributed by atoms with van der Waals surface area (Å²) in [6.45, 7) is 1.58. The van der Waals surface area contributed by atoms with Crippen LogP contribution in [0.5, 0.6) is 0 Å². The van der Waals surface area contributed by atoms with Gasteiger partial charge in [-0.15, -0.1) is 0 Å². The minimum absolute atomic E-state index is 0.285. The number of hydrogen-bond donors (Lipinski definition) is 4. The fourth-order valence-electron chi connectivity index (χ4n) is 3.00. The molecule has 0 aliphatic heterocycles. The SMILES string of the molecule is CCCCCCCCCCCCCCCC(N)(CO)C(O)CO. The van der Waals surface area contributed by atoms with E-state index in [1.165, 1.54) is 70.6 Å². The third-order valence-corrected chi connectivity index (χ3v) is 4.88. The first-order valence-electron chi connectivity index (χ1n) is 9.79. The third-order valence-electron chi connectivity index (χ3n) is 4.88. The molecular weight excluding hydrogens is 290 g/mol. The van der Waals surface area contributed by atoms with Crippen LogP contribution in [0.3, 0.4) is 0 Å². The van der Waals surface area contributed by atoms with Crippen LogP contribution in [-0.2, 0) is 0 Å². The Bertz CT molecular complexity index is 251. The number of rotatable bonds is 17. The number of unbranched alkanes of at least 4 members (excludes halogenated alkanes) is 12. The van der Waals surface area contributed by atoms with Crippen LogP contribution >= 0.6 is 0 Å². The van der Waals surface area contributed by atoms with Crippen LogP contribution in [0.15, 0.2) is 0 Å². The zero-order chi connectivity index (χ0) is 17.4. The highest BCUT2D eigenvalue weighted by Crippen LogP contribution is 2.18. The molecular formula is C19H41NO3. The zero-order valence-corrected chi connectivity index (χ0v) is 15.3. The first-order chi connectivity index (χ1) is 11.1. The first kappa shape index (κ1) is 22.8. The number of nitrogens with two attached hydrogens (primary N) is 1. The lowest BCUT2D eigenvalue weighted by Gasteiger charge is -2.31. The van der Waals surface area contributed by atoms with Gasteiger partial charge in [0.05, 0.1) is 24.9 Å². The second-order valence-electron chi connectivity index (χ2n) is 7.08. The molecule has 4 heteroatoms. The lowest BCUT2D eigenvalue weighted by Crippen LogP contribution is -2.55. The van der Waals surface area contributed by atoms with Crippen LogP contribution < -0.4 is 5.73 Å². The van der Waals surface area contributed by atoms with E-state index in [4.69, 9.17) is 10.8 Å². The van der Waals surface area contributed by atoms with Crippen molar-refractivity contribution in [1.82, 2.24) is 0 Å². The molecule has 4 nitrogen and oxygen atoms in total. The van der Waals surface area contributed by atoms with Gasteiger partial charge in [0.1, 0.15) is 0 Å². The van der Waals surface area contributed by atoms with E-state index in [0.717, 1.165) is 12.8 Å². The molecule has 0 amide bonds. The molecule has 0 rings (SSSR count). The summed E-state index contributed by atoms with van der Waals surface area (Å²) in [6.07, 6.45) is 16.2. The predicted molar refractivity (Wildman–Crippen MR) is 97.4 cm³/mol. The van der Waals surface area contributed by atoms with Crippen LogP contribution in [0.4, 0.5) is 0 Å². The Morgan fingerprint density at radius 2 is 1.13 bits per heavy atom. The maximum absolute atomic E-state index is 9.63. The lowest BCUT2D eigenvalue weighted by atomic mass is 9.88. The Labute approximate surface area is 143 Å². The molecule has 0 aromatic carbocycles. The maximum atomic E-state index is 9.63. The molecule has 2 unspecified atom stereocenters. The summed E-state index contributed by atoms with van der Waals surface area (Å²) in [5.41, 5.74) is 4.88. The molecule has 0 bridgehead atoms. The van der Waals surface area contributed by atoms with Gasteiger partial charge in [-0.2, -0.15) is 0 Å². The van der Waals surface area contributed by atoms with E-state index in [1.807, 2.05) is 0 Å². The van der Waals surface area contributed by atoms with E-state index in [2.05, 4.69) is 6.92 Å². The van der Waals surface area contributed by atoms with Crippen LogP contribution in [0.1, 0.15) is 96.8 Å². The van der Waals surface area contributed by atoms with Crippen molar-refractivity contribution in [3.63, 3.8) is 0 Å². The van der Waals surface area contributed by atoms with Crippen LogP contribution in [0.25, 0.3) is 0 Å². The van der Waals surface area contributed by atoms with Gasteiger partial charge in [-0.05, 0) is 6.42 Å². The number of aliphatic hydroxyl groups excluding tert-OH is 3. The first-order valence-corrected chi connectivity index (χ1v) is 9.79. The van der Waals surface area contributed by atoms with Crippen molar-refractivity contribution in [3.8, 4) is 0 Å². The van der Waals surface area contributed by atoms with Crippen molar-refractivity contribution >= 4 is 0 Å². The van der Waals surface area contributed by atoms with E-state index in [1.54, 1.807) is 0 Å². The van der Waals surface area contributed by atoms with Gasteiger partial charge < -0.3 is 21.1 Å². The summed E-state index contributed by atoms with van der Waals surface area (Å²) in [6, 6.07) is 0. The van der Waals surface area contributed by atoms with Gasteiger partial charge in [-0.3, -0.25) is 0 Å². The molecule has 5 N–H and O–H groups in total. The molecule has 2 atom stereocenters. The summed E-state index contributed by atoms with van der Waals surface area (Å²) >= 11 is 0. The van der Waals surface area contributed by atoms with Gasteiger partial charge in [0, 0.05) is 0 Å². The molecule has 0 saturated heterocycles. The van der Waals surface area contributed by atoms with Crippen LogP contribution in [0.2, 0.25) is 0 Å². The average Bonchev–Trinajstić information content (AvgIpc) is 2.57. The molecule has 0 heterocycles. The second-order valence-corrected chi connectivity index (χ2v) is 7.08. The summed E-state index contributed by atoms with van der Waals surface area (Å²) in [7, 11) is 0. The van der Waals surface area contributed by atoms with E-state index in [0.29, 0.717) is 6.42 Å². The van der Waals surface area contributed by atoms with Crippen molar-refractivity contribution < 1.29 is 15.3 Å². The van der Waals surface area contributed by atoms with E-state index in [-0.39, 0.29) is 6.61 Å². The predicted octanol–water partition coefficient (Wildman–Crippen LogP) is 3.51. The summed E-state index contributed by atoms with van der Waals surface area (Å²) < 4.78 is 0. The molecule has 0 aromatic rings. The van der Waals surface area contributed by atoms with Crippen molar-refractivity contribution in [2.24, 2.45) is 5.73 Å². The fraction of sp³-hybridized carbons (Fsp3) is 1.00. The Morgan fingerprint density at radius 1 is 0.739 bits per heavy atom. The number of aliphatic hydroxyl groups is 3. The zero-order valence-electron chi connectivity index (χ0n) is 15.3. The monoisotopic (exact) mass is 331 g/mol. The van der Waals surface area contributed by atoms with Gasteiger partial charge in [0.15, 0.2) is 0 Å². The summed E-state index contributed by atoms with van der Waals surface area (Å²) in [5, 5.41) is 27.9. The van der Waals surface area contributed by atoms with Crippen LogP contribution in [-0.4, -0.2) is 40.2 Å². The van der Waals surface area contributed by atoms with E-state index < -0.39 is 18.2 Å². The minimum atomic E-state index is -1.05. The topological polar surface area (TPSA) is 86.7 Å². The lowest BCUT2D eigenvalue weighted by molar-refractivity contribution is -0.000917. The summed E-state index contributed by atoms with van der Waals surface area (Å²) in [4.78, 5) is 0. The second kappa shape index (κ2) is 15.4. The molecule has 0 spiro atoms. The van der Waals surface area contributed by atoms with Crippen molar-refractivity contribution in [1.29, 1.82) is 0 Å². The Hall–Kier alpha value is -0.160. The minimum Gasteiger partial charge on any atom is -0.394 e. The highest BCUT2D eigenvalue weighted by molar-refractivity contribution is 4.90.